The van der Waals surface area contributed by atoms with Gasteiger partial charge in [-0.25, -0.2) is 0 Å². The van der Waals surface area contributed by atoms with Gasteiger partial charge in [-0.3, -0.25) is 0 Å². The summed E-state index contributed by atoms with van der Waals surface area (Å²) in [6.07, 6.45) is 1.02. The van der Waals surface area contributed by atoms with Crippen molar-refractivity contribution in [2.75, 3.05) is 26.8 Å². The Hall–Kier alpha value is -1.88. The molecule has 2 aromatic rings. The van der Waals surface area contributed by atoms with Gasteiger partial charge < -0.3 is 20.3 Å². The molecule has 0 saturated carbocycles. The first-order valence-corrected chi connectivity index (χ1v) is 7.91. The van der Waals surface area contributed by atoms with Gasteiger partial charge in [0, 0.05) is 13.0 Å². The summed E-state index contributed by atoms with van der Waals surface area (Å²) in [5, 5.41) is 23.3. The van der Waals surface area contributed by atoms with Crippen LogP contribution >= 0.6 is 0 Å². The normalized spacial score (nSPS) is 13.5. The van der Waals surface area contributed by atoms with E-state index < -0.39 is 5.60 Å². The van der Waals surface area contributed by atoms with E-state index in [4.69, 9.17) is 9.84 Å². The fourth-order valence-electron chi connectivity index (χ4n) is 2.75. The van der Waals surface area contributed by atoms with Crippen LogP contribution in [-0.4, -0.2) is 37.0 Å². The van der Waals surface area contributed by atoms with Gasteiger partial charge in [-0.05, 0) is 30.2 Å². The minimum Gasteiger partial charge on any atom is -0.496 e. The smallest absolute Gasteiger partial charge is 0.122 e. The summed E-state index contributed by atoms with van der Waals surface area (Å²) in [5.74, 6) is 0.783. The van der Waals surface area contributed by atoms with Gasteiger partial charge in [0.25, 0.3) is 0 Å². The fourth-order valence-corrected chi connectivity index (χ4v) is 2.75. The van der Waals surface area contributed by atoms with E-state index >= 15 is 0 Å². The van der Waals surface area contributed by atoms with Gasteiger partial charge in [-0.1, -0.05) is 48.5 Å². The lowest BCUT2D eigenvalue weighted by Gasteiger charge is -2.30. The molecular formula is C19H25NO3. The Labute approximate surface area is 137 Å². The van der Waals surface area contributed by atoms with E-state index in [1.807, 2.05) is 54.6 Å². The van der Waals surface area contributed by atoms with E-state index in [1.54, 1.807) is 7.11 Å². The lowest BCUT2D eigenvalue weighted by atomic mass is 9.84. The molecule has 3 N–H and O–H groups in total. The maximum atomic E-state index is 11.3. The molecule has 2 rings (SSSR count). The summed E-state index contributed by atoms with van der Waals surface area (Å²) in [5.41, 5.74) is 0.874. The molecule has 1 atom stereocenters. The van der Waals surface area contributed by atoms with Gasteiger partial charge in [0.05, 0.1) is 19.3 Å². The molecule has 0 bridgehead atoms. The predicted octanol–water partition coefficient (Wildman–Crippen LogP) is 2.10. The zero-order valence-electron chi connectivity index (χ0n) is 13.5. The average molecular weight is 315 g/mol. The zero-order chi connectivity index (χ0) is 16.5. The fraction of sp³-hybridized carbons (Fsp3) is 0.368. The molecule has 0 aliphatic rings. The van der Waals surface area contributed by atoms with Crippen molar-refractivity contribution in [1.29, 1.82) is 0 Å². The largest absolute Gasteiger partial charge is 0.496 e. The van der Waals surface area contributed by atoms with Crippen LogP contribution in [0.1, 0.15) is 17.5 Å². The maximum Gasteiger partial charge on any atom is 0.122 e. The third-order valence-corrected chi connectivity index (χ3v) is 3.99. The van der Waals surface area contributed by atoms with Gasteiger partial charge in [-0.15, -0.1) is 0 Å². The molecule has 23 heavy (non-hydrogen) atoms. The Morgan fingerprint density at radius 3 is 2.39 bits per heavy atom. The molecule has 0 amide bonds. The van der Waals surface area contributed by atoms with Crippen molar-refractivity contribution in [3.63, 3.8) is 0 Å². The summed E-state index contributed by atoms with van der Waals surface area (Å²) < 4.78 is 5.41. The van der Waals surface area contributed by atoms with Crippen molar-refractivity contribution in [3.05, 3.63) is 65.7 Å². The number of para-hydroxylation sites is 1. The van der Waals surface area contributed by atoms with Crippen LogP contribution < -0.4 is 10.1 Å². The van der Waals surface area contributed by atoms with E-state index in [0.717, 1.165) is 16.9 Å². The lowest BCUT2D eigenvalue weighted by Crippen LogP contribution is -2.34. The Bertz CT molecular complexity index is 588. The molecule has 2 aromatic carbocycles. The van der Waals surface area contributed by atoms with Crippen molar-refractivity contribution in [2.24, 2.45) is 0 Å². The SMILES string of the molecule is COc1ccccc1CC(O)(CCNCCO)c1ccccc1. The lowest BCUT2D eigenvalue weighted by molar-refractivity contribution is 0.0272. The molecule has 0 heterocycles. The quantitative estimate of drug-likeness (QED) is 0.620. The third kappa shape index (κ3) is 4.79. The number of benzene rings is 2. The van der Waals surface area contributed by atoms with Gasteiger partial charge in [0.2, 0.25) is 0 Å². The number of aliphatic hydroxyl groups is 2. The number of rotatable bonds is 9. The van der Waals surface area contributed by atoms with Crippen LogP contribution in [0.15, 0.2) is 54.6 Å². The molecule has 0 radical (unpaired) electrons. The van der Waals surface area contributed by atoms with Crippen molar-refractivity contribution >= 4 is 0 Å². The first-order chi connectivity index (χ1) is 11.2. The summed E-state index contributed by atoms with van der Waals surface area (Å²) in [6, 6.07) is 17.5. The Balaban J connectivity index is 2.22. The van der Waals surface area contributed by atoms with Crippen molar-refractivity contribution in [2.45, 2.75) is 18.4 Å². The number of hydrogen-bond donors (Lipinski definition) is 3. The molecule has 0 aliphatic carbocycles. The molecular weight excluding hydrogens is 290 g/mol. The topological polar surface area (TPSA) is 61.7 Å². The summed E-state index contributed by atoms with van der Waals surface area (Å²) in [4.78, 5) is 0. The predicted molar refractivity (Wildman–Crippen MR) is 91.6 cm³/mol. The molecule has 4 heteroatoms. The second-order valence-corrected chi connectivity index (χ2v) is 5.61. The molecule has 1 unspecified atom stereocenters. The third-order valence-electron chi connectivity index (χ3n) is 3.99. The minimum atomic E-state index is -0.988. The van der Waals surface area contributed by atoms with Crippen molar-refractivity contribution in [3.8, 4) is 5.75 Å². The Morgan fingerprint density at radius 1 is 1.00 bits per heavy atom. The van der Waals surface area contributed by atoms with E-state index in [9.17, 15) is 5.11 Å². The molecule has 0 aliphatic heterocycles. The maximum absolute atomic E-state index is 11.3. The van der Waals surface area contributed by atoms with E-state index in [1.165, 1.54) is 0 Å². The van der Waals surface area contributed by atoms with Gasteiger partial charge in [0.15, 0.2) is 0 Å². The van der Waals surface area contributed by atoms with Gasteiger partial charge >= 0.3 is 0 Å². The van der Waals surface area contributed by atoms with E-state index in [2.05, 4.69) is 5.32 Å². The summed E-state index contributed by atoms with van der Waals surface area (Å²) in [7, 11) is 1.64. The van der Waals surface area contributed by atoms with Gasteiger partial charge in [-0.2, -0.15) is 0 Å². The highest BCUT2D eigenvalue weighted by Gasteiger charge is 2.30. The summed E-state index contributed by atoms with van der Waals surface area (Å²) in [6.45, 7) is 1.25. The van der Waals surface area contributed by atoms with Crippen LogP contribution in [0.5, 0.6) is 5.75 Å². The number of hydrogen-bond acceptors (Lipinski definition) is 4. The summed E-state index contributed by atoms with van der Waals surface area (Å²) >= 11 is 0. The van der Waals surface area contributed by atoms with Crippen molar-refractivity contribution in [1.82, 2.24) is 5.32 Å². The second-order valence-electron chi connectivity index (χ2n) is 5.61. The van der Waals surface area contributed by atoms with Crippen LogP contribution in [0, 0.1) is 0 Å². The first kappa shape index (κ1) is 17.5. The van der Waals surface area contributed by atoms with Crippen LogP contribution in [-0.2, 0) is 12.0 Å². The van der Waals surface area contributed by atoms with Crippen LogP contribution in [0.2, 0.25) is 0 Å². The standard InChI is InChI=1S/C19H25NO3/c1-23-18-10-6-5-7-16(18)15-19(22,11-12-20-13-14-21)17-8-3-2-4-9-17/h2-10,20-22H,11-15H2,1H3. The Morgan fingerprint density at radius 2 is 1.70 bits per heavy atom. The molecule has 124 valence electrons. The number of methoxy groups -OCH3 is 1. The molecule has 0 fully saturated rings. The van der Waals surface area contributed by atoms with Crippen molar-refractivity contribution < 1.29 is 14.9 Å². The highest BCUT2D eigenvalue weighted by molar-refractivity contribution is 5.36. The number of aliphatic hydroxyl groups excluding tert-OH is 1. The molecule has 0 saturated heterocycles. The Kier molecular flexibility index (Phi) is 6.59. The van der Waals surface area contributed by atoms with E-state index in [-0.39, 0.29) is 6.61 Å². The highest BCUT2D eigenvalue weighted by Crippen LogP contribution is 2.32. The molecule has 0 aromatic heterocycles. The van der Waals surface area contributed by atoms with Crippen LogP contribution in [0.3, 0.4) is 0 Å². The number of ether oxygens (including phenoxy) is 1. The monoisotopic (exact) mass is 315 g/mol. The highest BCUT2D eigenvalue weighted by atomic mass is 16.5. The minimum absolute atomic E-state index is 0.0935. The number of nitrogens with one attached hydrogen (secondary N) is 1. The van der Waals surface area contributed by atoms with Gasteiger partial charge in [0.1, 0.15) is 5.75 Å². The van der Waals surface area contributed by atoms with E-state index in [0.29, 0.717) is 25.9 Å². The second kappa shape index (κ2) is 8.67. The van der Waals surface area contributed by atoms with Crippen LogP contribution in [0.4, 0.5) is 0 Å². The van der Waals surface area contributed by atoms with Crippen LogP contribution in [0.25, 0.3) is 0 Å². The average Bonchev–Trinajstić information content (AvgIpc) is 2.60. The zero-order valence-corrected chi connectivity index (χ0v) is 13.5. The molecule has 4 nitrogen and oxygen atoms in total. The molecule has 0 spiro atoms. The first-order valence-electron chi connectivity index (χ1n) is 7.91.